The van der Waals surface area contributed by atoms with Gasteiger partial charge in [0.25, 0.3) is 0 Å². The predicted octanol–water partition coefficient (Wildman–Crippen LogP) is 4.37. The lowest BCUT2D eigenvalue weighted by Gasteiger charge is -2.21. The molecule has 0 radical (unpaired) electrons. The van der Waals surface area contributed by atoms with Gasteiger partial charge in [0.05, 0.1) is 0 Å². The largest absolute Gasteiger partial charge is 0.481 e. The van der Waals surface area contributed by atoms with E-state index in [1.54, 1.807) is 0 Å². The zero-order chi connectivity index (χ0) is 16.4. The quantitative estimate of drug-likeness (QED) is 0.597. The fourth-order valence-corrected chi connectivity index (χ4v) is 2.58. The van der Waals surface area contributed by atoms with Crippen LogP contribution in [0.5, 0.6) is 0 Å². The molecule has 1 aromatic carbocycles. The van der Waals surface area contributed by atoms with Crippen molar-refractivity contribution in [2.75, 3.05) is 0 Å². The minimum absolute atomic E-state index is 0.207. The number of unbranched alkanes of at least 4 members (excludes halogenated alkanes) is 2. The second-order valence-electron chi connectivity index (χ2n) is 6.33. The third kappa shape index (κ3) is 8.78. The molecule has 4 heteroatoms. The van der Waals surface area contributed by atoms with Gasteiger partial charge in [0.15, 0.2) is 0 Å². The Morgan fingerprint density at radius 3 is 2.45 bits per heavy atom. The molecular formula is C18H28FNO2. The summed E-state index contributed by atoms with van der Waals surface area (Å²) in [6.07, 6.45) is 5.17. The van der Waals surface area contributed by atoms with Crippen molar-refractivity contribution in [2.45, 2.75) is 65.0 Å². The lowest BCUT2D eigenvalue weighted by Crippen LogP contribution is -2.30. The molecule has 3 nitrogen and oxygen atoms in total. The third-order valence-corrected chi connectivity index (χ3v) is 3.71. The molecule has 0 aliphatic heterocycles. The van der Waals surface area contributed by atoms with Crippen molar-refractivity contribution in [2.24, 2.45) is 5.92 Å². The SMILES string of the molecule is CC(C)CC(CCCCCC(=O)O)NCc1ccc(F)cc1. The Morgan fingerprint density at radius 2 is 1.86 bits per heavy atom. The molecule has 1 unspecified atom stereocenters. The zero-order valence-electron chi connectivity index (χ0n) is 13.6. The second-order valence-corrected chi connectivity index (χ2v) is 6.33. The summed E-state index contributed by atoms with van der Waals surface area (Å²) in [6.45, 7) is 5.15. The van der Waals surface area contributed by atoms with Crippen LogP contribution in [0.3, 0.4) is 0 Å². The summed E-state index contributed by atoms with van der Waals surface area (Å²) >= 11 is 0. The van der Waals surface area contributed by atoms with E-state index in [0.29, 0.717) is 12.0 Å². The van der Waals surface area contributed by atoms with Gasteiger partial charge < -0.3 is 10.4 Å². The first-order chi connectivity index (χ1) is 10.5. The molecule has 0 spiro atoms. The van der Waals surface area contributed by atoms with Crippen molar-refractivity contribution in [1.82, 2.24) is 5.32 Å². The zero-order valence-corrected chi connectivity index (χ0v) is 13.6. The molecular weight excluding hydrogens is 281 g/mol. The molecule has 0 heterocycles. The van der Waals surface area contributed by atoms with Gasteiger partial charge in [-0.15, -0.1) is 0 Å². The molecule has 0 saturated carbocycles. The molecule has 0 amide bonds. The first kappa shape index (κ1) is 18.6. The van der Waals surface area contributed by atoms with Crippen LogP contribution in [0, 0.1) is 11.7 Å². The van der Waals surface area contributed by atoms with E-state index in [-0.39, 0.29) is 12.2 Å². The molecule has 0 saturated heterocycles. The number of carboxylic acids is 1. The Bertz CT molecular complexity index is 431. The van der Waals surface area contributed by atoms with Crippen LogP contribution < -0.4 is 5.32 Å². The van der Waals surface area contributed by atoms with Crippen molar-refractivity contribution in [3.05, 3.63) is 35.6 Å². The van der Waals surface area contributed by atoms with Crippen LogP contribution in [0.4, 0.5) is 4.39 Å². The summed E-state index contributed by atoms with van der Waals surface area (Å²) in [7, 11) is 0. The third-order valence-electron chi connectivity index (χ3n) is 3.71. The Hall–Kier alpha value is -1.42. The highest BCUT2D eigenvalue weighted by Gasteiger charge is 2.10. The number of benzene rings is 1. The maximum atomic E-state index is 12.9. The van der Waals surface area contributed by atoms with Gasteiger partial charge in [-0.1, -0.05) is 38.8 Å². The van der Waals surface area contributed by atoms with Crippen molar-refractivity contribution in [3.8, 4) is 0 Å². The molecule has 1 atom stereocenters. The average Bonchev–Trinajstić information content (AvgIpc) is 2.45. The fraction of sp³-hybridized carbons (Fsp3) is 0.611. The van der Waals surface area contributed by atoms with Gasteiger partial charge in [-0.2, -0.15) is 0 Å². The number of rotatable bonds is 11. The summed E-state index contributed by atoms with van der Waals surface area (Å²) in [5.74, 6) is -0.307. The molecule has 1 aromatic rings. The number of aliphatic carboxylic acids is 1. The first-order valence-corrected chi connectivity index (χ1v) is 8.17. The summed E-state index contributed by atoms with van der Waals surface area (Å²) in [5.41, 5.74) is 1.08. The number of carboxylic acid groups (broad SMARTS) is 1. The van der Waals surface area contributed by atoms with Gasteiger partial charge in [-0.25, -0.2) is 4.39 Å². The maximum absolute atomic E-state index is 12.9. The Balaban J connectivity index is 2.33. The minimum atomic E-state index is -0.715. The molecule has 124 valence electrons. The highest BCUT2D eigenvalue weighted by Crippen LogP contribution is 2.14. The van der Waals surface area contributed by atoms with Gasteiger partial charge in [-0.05, 0) is 42.9 Å². The first-order valence-electron chi connectivity index (χ1n) is 8.17. The van der Waals surface area contributed by atoms with E-state index in [4.69, 9.17) is 5.11 Å². The molecule has 1 rings (SSSR count). The smallest absolute Gasteiger partial charge is 0.303 e. The van der Waals surface area contributed by atoms with E-state index in [2.05, 4.69) is 19.2 Å². The van der Waals surface area contributed by atoms with Crippen LogP contribution in [0.2, 0.25) is 0 Å². The molecule has 0 bridgehead atoms. The van der Waals surface area contributed by atoms with Gasteiger partial charge in [-0.3, -0.25) is 4.79 Å². The Morgan fingerprint density at radius 1 is 1.18 bits per heavy atom. The lowest BCUT2D eigenvalue weighted by atomic mass is 9.98. The maximum Gasteiger partial charge on any atom is 0.303 e. The van der Waals surface area contributed by atoms with Crippen molar-refractivity contribution in [3.63, 3.8) is 0 Å². The number of carbonyl (C=O) groups is 1. The standard InChI is InChI=1S/C18H28FNO2/c1-14(2)12-17(6-4-3-5-7-18(21)22)20-13-15-8-10-16(19)11-9-15/h8-11,14,17,20H,3-7,12-13H2,1-2H3,(H,21,22). The normalized spacial score (nSPS) is 12.5. The van der Waals surface area contributed by atoms with Gasteiger partial charge >= 0.3 is 5.97 Å². The highest BCUT2D eigenvalue weighted by atomic mass is 19.1. The van der Waals surface area contributed by atoms with Crippen molar-refractivity contribution in [1.29, 1.82) is 0 Å². The highest BCUT2D eigenvalue weighted by molar-refractivity contribution is 5.66. The van der Waals surface area contributed by atoms with Crippen LogP contribution in [0.1, 0.15) is 57.9 Å². The van der Waals surface area contributed by atoms with Crippen LogP contribution in [0.25, 0.3) is 0 Å². The molecule has 0 aliphatic rings. The fourth-order valence-electron chi connectivity index (χ4n) is 2.58. The molecule has 0 aromatic heterocycles. The second kappa shape index (κ2) is 10.3. The lowest BCUT2D eigenvalue weighted by molar-refractivity contribution is -0.137. The van der Waals surface area contributed by atoms with Crippen molar-refractivity contribution < 1.29 is 14.3 Å². The minimum Gasteiger partial charge on any atom is -0.481 e. The molecule has 0 aliphatic carbocycles. The van der Waals surface area contributed by atoms with E-state index < -0.39 is 5.97 Å². The predicted molar refractivity (Wildman–Crippen MR) is 87.2 cm³/mol. The van der Waals surface area contributed by atoms with Crippen LogP contribution >= 0.6 is 0 Å². The average molecular weight is 309 g/mol. The summed E-state index contributed by atoms with van der Waals surface area (Å²) in [6, 6.07) is 7.01. The number of hydrogen-bond donors (Lipinski definition) is 2. The van der Waals surface area contributed by atoms with Gasteiger partial charge in [0.2, 0.25) is 0 Å². The molecule has 2 N–H and O–H groups in total. The summed E-state index contributed by atoms with van der Waals surface area (Å²) < 4.78 is 12.9. The van der Waals surface area contributed by atoms with Gasteiger partial charge in [0, 0.05) is 19.0 Å². The summed E-state index contributed by atoms with van der Waals surface area (Å²) in [5, 5.41) is 12.2. The van der Waals surface area contributed by atoms with Crippen LogP contribution in [-0.2, 0) is 11.3 Å². The summed E-state index contributed by atoms with van der Waals surface area (Å²) in [4.78, 5) is 10.5. The molecule has 0 fully saturated rings. The van der Waals surface area contributed by atoms with Crippen LogP contribution in [0.15, 0.2) is 24.3 Å². The van der Waals surface area contributed by atoms with E-state index in [1.165, 1.54) is 12.1 Å². The topological polar surface area (TPSA) is 49.3 Å². The number of nitrogens with one attached hydrogen (secondary N) is 1. The van der Waals surface area contributed by atoms with Crippen LogP contribution in [-0.4, -0.2) is 17.1 Å². The number of halogens is 1. The monoisotopic (exact) mass is 309 g/mol. The Labute approximate surface area is 132 Å². The molecule has 22 heavy (non-hydrogen) atoms. The van der Waals surface area contributed by atoms with E-state index in [9.17, 15) is 9.18 Å². The van der Waals surface area contributed by atoms with E-state index in [1.807, 2.05) is 12.1 Å². The van der Waals surface area contributed by atoms with E-state index in [0.717, 1.165) is 44.2 Å². The van der Waals surface area contributed by atoms with Crippen molar-refractivity contribution >= 4 is 5.97 Å². The van der Waals surface area contributed by atoms with Gasteiger partial charge in [0.1, 0.15) is 5.82 Å². The Kier molecular flexibility index (Phi) is 8.75. The van der Waals surface area contributed by atoms with E-state index >= 15 is 0 Å². The number of hydrogen-bond acceptors (Lipinski definition) is 2.